The highest BCUT2D eigenvalue weighted by Crippen LogP contribution is 2.24. The summed E-state index contributed by atoms with van der Waals surface area (Å²) < 4.78 is 5.70. The molecule has 2 atom stereocenters. The van der Waals surface area contributed by atoms with E-state index >= 15 is 0 Å². The van der Waals surface area contributed by atoms with Crippen LogP contribution in [0.4, 0.5) is 0 Å². The molecule has 2 unspecified atom stereocenters. The molecule has 2 aromatic rings. The van der Waals surface area contributed by atoms with Gasteiger partial charge in [-0.05, 0) is 31.5 Å². The van der Waals surface area contributed by atoms with Crippen LogP contribution in [0, 0.1) is 0 Å². The lowest BCUT2D eigenvalue weighted by Crippen LogP contribution is -2.36. The zero-order valence-corrected chi connectivity index (χ0v) is 11.5. The molecule has 4 heteroatoms. The van der Waals surface area contributed by atoms with Gasteiger partial charge in [0.2, 0.25) is 0 Å². The maximum absolute atomic E-state index is 9.88. The van der Waals surface area contributed by atoms with Crippen molar-refractivity contribution in [2.75, 3.05) is 13.2 Å². The van der Waals surface area contributed by atoms with Crippen molar-refractivity contribution in [3.63, 3.8) is 0 Å². The van der Waals surface area contributed by atoms with Crippen molar-refractivity contribution in [3.05, 3.63) is 30.5 Å². The van der Waals surface area contributed by atoms with Crippen LogP contribution >= 0.6 is 0 Å². The fourth-order valence-electron chi connectivity index (χ4n) is 1.91. The number of hydrogen-bond donors (Lipinski definition) is 3. The van der Waals surface area contributed by atoms with Gasteiger partial charge in [0.05, 0.1) is 0 Å². The van der Waals surface area contributed by atoms with Crippen LogP contribution in [0.25, 0.3) is 10.9 Å². The minimum absolute atomic E-state index is 0.299. The number of benzene rings is 1. The van der Waals surface area contributed by atoms with Crippen LogP contribution in [0.1, 0.15) is 20.3 Å². The first-order chi connectivity index (χ1) is 9.20. The molecule has 0 spiro atoms. The Labute approximate surface area is 113 Å². The molecule has 0 aliphatic carbocycles. The number of aliphatic hydroxyl groups excluding tert-OH is 1. The number of aliphatic hydroxyl groups is 1. The predicted octanol–water partition coefficient (Wildman–Crippen LogP) is 2.30. The lowest BCUT2D eigenvalue weighted by Gasteiger charge is -2.16. The van der Waals surface area contributed by atoms with Crippen LogP contribution in [0.15, 0.2) is 30.5 Å². The monoisotopic (exact) mass is 262 g/mol. The van der Waals surface area contributed by atoms with Gasteiger partial charge in [-0.15, -0.1) is 0 Å². The molecular formula is C15H22N2O2. The average molecular weight is 262 g/mol. The Balaban J connectivity index is 1.86. The number of ether oxygens (including phenoxy) is 1. The topological polar surface area (TPSA) is 57.3 Å². The Morgan fingerprint density at radius 2 is 2.21 bits per heavy atom. The van der Waals surface area contributed by atoms with Crippen molar-refractivity contribution in [2.45, 2.75) is 32.4 Å². The Morgan fingerprint density at radius 3 is 3.00 bits per heavy atom. The smallest absolute Gasteiger partial charge is 0.128 e. The SMILES string of the molecule is CCC(C)NCC(O)COc1cccc2[nH]ccc12. The van der Waals surface area contributed by atoms with E-state index in [1.54, 1.807) is 0 Å². The van der Waals surface area contributed by atoms with Crippen LogP contribution in [-0.4, -0.2) is 35.4 Å². The standard InChI is InChI=1S/C15H22N2O2/c1-3-11(2)17-9-12(18)10-19-15-6-4-5-14-13(15)7-8-16-14/h4-8,11-12,16-18H,3,9-10H2,1-2H3. The van der Waals surface area contributed by atoms with Crippen molar-refractivity contribution in [1.29, 1.82) is 0 Å². The molecule has 1 aromatic carbocycles. The fraction of sp³-hybridized carbons (Fsp3) is 0.467. The molecule has 3 N–H and O–H groups in total. The third-order valence-electron chi connectivity index (χ3n) is 3.30. The molecule has 0 fully saturated rings. The highest BCUT2D eigenvalue weighted by Gasteiger charge is 2.08. The highest BCUT2D eigenvalue weighted by atomic mass is 16.5. The summed E-state index contributed by atoms with van der Waals surface area (Å²) in [5.74, 6) is 0.807. The van der Waals surface area contributed by atoms with Gasteiger partial charge in [-0.25, -0.2) is 0 Å². The van der Waals surface area contributed by atoms with E-state index in [0.29, 0.717) is 19.2 Å². The van der Waals surface area contributed by atoms with Crippen LogP contribution < -0.4 is 10.1 Å². The summed E-state index contributed by atoms with van der Waals surface area (Å²) >= 11 is 0. The molecule has 1 aromatic heterocycles. The minimum Gasteiger partial charge on any atom is -0.490 e. The van der Waals surface area contributed by atoms with E-state index in [-0.39, 0.29) is 0 Å². The lowest BCUT2D eigenvalue weighted by atomic mass is 10.2. The van der Waals surface area contributed by atoms with Gasteiger partial charge in [-0.3, -0.25) is 0 Å². The minimum atomic E-state index is -0.497. The molecule has 4 nitrogen and oxygen atoms in total. The fourth-order valence-corrected chi connectivity index (χ4v) is 1.91. The van der Waals surface area contributed by atoms with Gasteiger partial charge in [-0.1, -0.05) is 13.0 Å². The Hall–Kier alpha value is -1.52. The molecule has 19 heavy (non-hydrogen) atoms. The molecule has 0 amide bonds. The summed E-state index contributed by atoms with van der Waals surface area (Å²) in [6.07, 6.45) is 2.44. The van der Waals surface area contributed by atoms with Gasteiger partial charge in [0.1, 0.15) is 18.5 Å². The van der Waals surface area contributed by atoms with E-state index in [9.17, 15) is 5.11 Å². The van der Waals surface area contributed by atoms with Crippen LogP contribution in [-0.2, 0) is 0 Å². The summed E-state index contributed by atoms with van der Waals surface area (Å²) in [5.41, 5.74) is 1.05. The number of rotatable bonds is 7. The van der Waals surface area contributed by atoms with E-state index < -0.39 is 6.10 Å². The zero-order chi connectivity index (χ0) is 13.7. The third kappa shape index (κ3) is 3.72. The molecule has 0 radical (unpaired) electrons. The lowest BCUT2D eigenvalue weighted by molar-refractivity contribution is 0.105. The molecule has 0 bridgehead atoms. The van der Waals surface area contributed by atoms with Crippen LogP contribution in [0.3, 0.4) is 0 Å². The quantitative estimate of drug-likeness (QED) is 0.717. The maximum atomic E-state index is 9.88. The Morgan fingerprint density at radius 1 is 1.37 bits per heavy atom. The van der Waals surface area contributed by atoms with E-state index in [1.165, 1.54) is 0 Å². The first-order valence-corrected chi connectivity index (χ1v) is 6.81. The summed E-state index contributed by atoms with van der Waals surface area (Å²) in [6, 6.07) is 8.27. The molecule has 104 valence electrons. The molecule has 1 heterocycles. The van der Waals surface area contributed by atoms with Gasteiger partial charge < -0.3 is 20.1 Å². The van der Waals surface area contributed by atoms with Crippen molar-refractivity contribution >= 4 is 10.9 Å². The predicted molar refractivity (Wildman–Crippen MR) is 77.6 cm³/mol. The normalized spacial score (nSPS) is 14.5. The largest absolute Gasteiger partial charge is 0.490 e. The molecule has 0 aliphatic rings. The van der Waals surface area contributed by atoms with Gasteiger partial charge in [-0.2, -0.15) is 0 Å². The van der Waals surface area contributed by atoms with E-state index in [0.717, 1.165) is 23.1 Å². The van der Waals surface area contributed by atoms with Crippen molar-refractivity contribution < 1.29 is 9.84 Å². The number of aromatic nitrogens is 1. The summed E-state index contributed by atoms with van der Waals surface area (Å²) in [5, 5.41) is 14.2. The number of nitrogens with one attached hydrogen (secondary N) is 2. The van der Waals surface area contributed by atoms with Gasteiger partial charge in [0.25, 0.3) is 0 Å². The number of hydrogen-bond acceptors (Lipinski definition) is 3. The first kappa shape index (κ1) is 13.9. The molecule has 2 rings (SSSR count). The van der Waals surface area contributed by atoms with E-state index in [1.807, 2.05) is 30.5 Å². The first-order valence-electron chi connectivity index (χ1n) is 6.81. The number of aromatic amines is 1. The van der Waals surface area contributed by atoms with E-state index in [2.05, 4.69) is 24.1 Å². The van der Waals surface area contributed by atoms with Gasteiger partial charge >= 0.3 is 0 Å². The molecule has 0 aliphatic heterocycles. The maximum Gasteiger partial charge on any atom is 0.128 e. The van der Waals surface area contributed by atoms with Crippen molar-refractivity contribution in [2.24, 2.45) is 0 Å². The van der Waals surface area contributed by atoms with Crippen LogP contribution in [0.2, 0.25) is 0 Å². The van der Waals surface area contributed by atoms with Gasteiger partial charge in [0, 0.05) is 29.7 Å². The summed E-state index contributed by atoms with van der Waals surface area (Å²) in [6.45, 7) is 5.08. The molecule has 0 saturated heterocycles. The highest BCUT2D eigenvalue weighted by molar-refractivity contribution is 5.85. The van der Waals surface area contributed by atoms with Gasteiger partial charge in [0.15, 0.2) is 0 Å². The second-order valence-corrected chi connectivity index (χ2v) is 4.88. The average Bonchev–Trinajstić information content (AvgIpc) is 2.91. The third-order valence-corrected chi connectivity index (χ3v) is 3.30. The summed E-state index contributed by atoms with van der Waals surface area (Å²) in [4.78, 5) is 3.14. The van der Waals surface area contributed by atoms with E-state index in [4.69, 9.17) is 4.74 Å². The Kier molecular flexibility index (Phi) is 4.82. The Bertz CT molecular complexity index is 510. The number of fused-ring (bicyclic) bond motifs is 1. The van der Waals surface area contributed by atoms with Crippen LogP contribution in [0.5, 0.6) is 5.75 Å². The molecule has 0 saturated carbocycles. The van der Waals surface area contributed by atoms with Crippen molar-refractivity contribution in [3.8, 4) is 5.75 Å². The second kappa shape index (κ2) is 6.59. The number of H-pyrrole nitrogens is 1. The second-order valence-electron chi connectivity index (χ2n) is 4.88. The molecular weight excluding hydrogens is 240 g/mol. The summed E-state index contributed by atoms with van der Waals surface area (Å²) in [7, 11) is 0. The zero-order valence-electron chi connectivity index (χ0n) is 11.5. The van der Waals surface area contributed by atoms with Crippen molar-refractivity contribution in [1.82, 2.24) is 10.3 Å².